The predicted molar refractivity (Wildman–Crippen MR) is 65.4 cm³/mol. The van der Waals surface area contributed by atoms with E-state index >= 15 is 0 Å². The van der Waals surface area contributed by atoms with E-state index in [2.05, 4.69) is 10.0 Å². The molecule has 7 heteroatoms. The van der Waals surface area contributed by atoms with Gasteiger partial charge in [0.2, 0.25) is 15.9 Å². The van der Waals surface area contributed by atoms with Gasteiger partial charge < -0.3 is 5.32 Å². The van der Waals surface area contributed by atoms with E-state index in [0.29, 0.717) is 10.8 Å². The molecule has 0 saturated carbocycles. The molecule has 1 aromatic heterocycles. The fourth-order valence-corrected chi connectivity index (χ4v) is 4.21. The molecule has 1 atom stereocenters. The number of rotatable bonds is 4. The van der Waals surface area contributed by atoms with E-state index in [0.717, 1.165) is 11.3 Å². The van der Waals surface area contributed by atoms with Crippen molar-refractivity contribution in [2.45, 2.75) is 30.0 Å². The zero-order valence-electron chi connectivity index (χ0n) is 9.39. The van der Waals surface area contributed by atoms with E-state index in [-0.39, 0.29) is 18.4 Å². The highest BCUT2D eigenvalue weighted by Crippen LogP contribution is 2.22. The lowest BCUT2D eigenvalue weighted by molar-refractivity contribution is -0.119. The summed E-state index contributed by atoms with van der Waals surface area (Å²) in [5.74, 6) is -0.113. The number of hydrogen-bond donors (Lipinski definition) is 2. The van der Waals surface area contributed by atoms with Crippen LogP contribution in [-0.2, 0) is 21.2 Å². The Morgan fingerprint density at radius 3 is 2.82 bits per heavy atom. The molecule has 1 unspecified atom stereocenters. The van der Waals surface area contributed by atoms with Gasteiger partial charge in [0.05, 0.1) is 0 Å². The molecule has 1 amide bonds. The van der Waals surface area contributed by atoms with Gasteiger partial charge in [0.25, 0.3) is 0 Å². The zero-order valence-corrected chi connectivity index (χ0v) is 11.0. The Hall–Kier alpha value is -0.920. The Morgan fingerprint density at radius 2 is 2.29 bits per heavy atom. The molecular formula is C10H14N2O3S2. The van der Waals surface area contributed by atoms with Crippen LogP contribution in [0.1, 0.15) is 18.2 Å². The molecule has 0 aromatic carbocycles. The van der Waals surface area contributed by atoms with Crippen molar-refractivity contribution in [3.8, 4) is 0 Å². The quantitative estimate of drug-likeness (QED) is 0.838. The SMILES string of the molecule is CCc1ccc(S(=O)(=O)NC2CNC(=O)C2)s1. The summed E-state index contributed by atoms with van der Waals surface area (Å²) in [7, 11) is -3.48. The van der Waals surface area contributed by atoms with Gasteiger partial charge in [-0.3, -0.25) is 4.79 Å². The molecule has 1 aliphatic heterocycles. The molecule has 1 fully saturated rings. The number of amides is 1. The number of sulfonamides is 1. The van der Waals surface area contributed by atoms with Crippen molar-refractivity contribution in [2.75, 3.05) is 6.54 Å². The summed E-state index contributed by atoms with van der Waals surface area (Å²) >= 11 is 1.27. The summed E-state index contributed by atoms with van der Waals surface area (Å²) in [5.41, 5.74) is 0. The average Bonchev–Trinajstić information content (AvgIpc) is 2.86. The van der Waals surface area contributed by atoms with Crippen LogP contribution in [0.5, 0.6) is 0 Å². The third kappa shape index (κ3) is 2.85. The maximum atomic E-state index is 12.0. The third-order valence-corrected chi connectivity index (χ3v) is 5.79. The van der Waals surface area contributed by atoms with Crippen LogP contribution < -0.4 is 10.0 Å². The zero-order chi connectivity index (χ0) is 12.5. The van der Waals surface area contributed by atoms with Crippen LogP contribution in [0.15, 0.2) is 16.3 Å². The standard InChI is InChI=1S/C10H14N2O3S2/c1-2-8-3-4-10(16-8)17(14,15)12-7-5-9(13)11-6-7/h3-4,7,12H,2,5-6H2,1H3,(H,11,13). The molecule has 0 bridgehead atoms. The minimum Gasteiger partial charge on any atom is -0.354 e. The van der Waals surface area contributed by atoms with E-state index < -0.39 is 10.0 Å². The number of carbonyl (C=O) groups excluding carboxylic acids is 1. The van der Waals surface area contributed by atoms with E-state index in [1.807, 2.05) is 13.0 Å². The summed E-state index contributed by atoms with van der Waals surface area (Å²) in [5, 5.41) is 2.60. The minimum absolute atomic E-state index is 0.113. The van der Waals surface area contributed by atoms with Crippen molar-refractivity contribution >= 4 is 27.3 Å². The minimum atomic E-state index is -3.48. The van der Waals surface area contributed by atoms with Gasteiger partial charge in [-0.05, 0) is 18.6 Å². The number of carbonyl (C=O) groups is 1. The third-order valence-electron chi connectivity index (χ3n) is 2.55. The fraction of sp³-hybridized carbons (Fsp3) is 0.500. The Morgan fingerprint density at radius 1 is 1.53 bits per heavy atom. The normalized spacial score (nSPS) is 20.5. The number of aryl methyl sites for hydroxylation is 1. The molecule has 1 aliphatic rings. The highest BCUT2D eigenvalue weighted by molar-refractivity contribution is 7.91. The Kier molecular flexibility index (Phi) is 3.50. The maximum absolute atomic E-state index is 12.0. The Labute approximate surface area is 104 Å². The van der Waals surface area contributed by atoms with Gasteiger partial charge in [-0.1, -0.05) is 6.92 Å². The molecule has 2 rings (SSSR count). The van der Waals surface area contributed by atoms with Crippen molar-refractivity contribution in [3.63, 3.8) is 0 Å². The maximum Gasteiger partial charge on any atom is 0.250 e. The molecule has 5 nitrogen and oxygen atoms in total. The fourth-order valence-electron chi connectivity index (χ4n) is 1.66. The smallest absolute Gasteiger partial charge is 0.250 e. The monoisotopic (exact) mass is 274 g/mol. The number of hydrogen-bond acceptors (Lipinski definition) is 4. The van der Waals surface area contributed by atoms with Crippen molar-refractivity contribution in [1.82, 2.24) is 10.0 Å². The lowest BCUT2D eigenvalue weighted by atomic mass is 10.3. The Balaban J connectivity index is 2.10. The first kappa shape index (κ1) is 12.5. The molecule has 0 spiro atoms. The second-order valence-corrected chi connectivity index (χ2v) is 7.01. The van der Waals surface area contributed by atoms with Gasteiger partial charge in [-0.15, -0.1) is 11.3 Å². The predicted octanol–water partition coefficient (Wildman–Crippen LogP) is 0.477. The molecule has 17 heavy (non-hydrogen) atoms. The summed E-state index contributed by atoms with van der Waals surface area (Å²) in [6.07, 6.45) is 1.04. The van der Waals surface area contributed by atoms with Crippen molar-refractivity contribution in [2.24, 2.45) is 0 Å². The molecule has 2 heterocycles. The molecule has 1 saturated heterocycles. The van der Waals surface area contributed by atoms with E-state index in [9.17, 15) is 13.2 Å². The van der Waals surface area contributed by atoms with E-state index in [4.69, 9.17) is 0 Å². The summed E-state index contributed by atoms with van der Waals surface area (Å²) < 4.78 is 26.8. The van der Waals surface area contributed by atoms with Crippen LogP contribution in [0, 0.1) is 0 Å². The van der Waals surface area contributed by atoms with Gasteiger partial charge in [0, 0.05) is 23.9 Å². The van der Waals surface area contributed by atoms with Crippen LogP contribution in [0.4, 0.5) is 0 Å². The van der Waals surface area contributed by atoms with Gasteiger partial charge in [0.1, 0.15) is 4.21 Å². The molecule has 0 radical (unpaired) electrons. The summed E-state index contributed by atoms with van der Waals surface area (Å²) in [4.78, 5) is 12.0. The number of nitrogens with one attached hydrogen (secondary N) is 2. The lowest BCUT2D eigenvalue weighted by Gasteiger charge is -2.09. The highest BCUT2D eigenvalue weighted by Gasteiger charge is 2.27. The van der Waals surface area contributed by atoms with Crippen molar-refractivity contribution in [1.29, 1.82) is 0 Å². The molecular weight excluding hydrogens is 260 g/mol. The van der Waals surface area contributed by atoms with E-state index in [1.165, 1.54) is 11.3 Å². The second-order valence-electron chi connectivity index (χ2n) is 3.90. The topological polar surface area (TPSA) is 75.3 Å². The first-order chi connectivity index (χ1) is 8.01. The Bertz CT molecular complexity index is 521. The molecule has 2 N–H and O–H groups in total. The number of thiophene rings is 1. The molecule has 94 valence electrons. The largest absolute Gasteiger partial charge is 0.354 e. The van der Waals surface area contributed by atoms with Crippen molar-refractivity contribution in [3.05, 3.63) is 17.0 Å². The van der Waals surface area contributed by atoms with Gasteiger partial charge >= 0.3 is 0 Å². The molecule has 0 aliphatic carbocycles. The highest BCUT2D eigenvalue weighted by atomic mass is 32.2. The van der Waals surface area contributed by atoms with Crippen LogP contribution in [0.3, 0.4) is 0 Å². The van der Waals surface area contributed by atoms with E-state index in [1.54, 1.807) is 6.07 Å². The average molecular weight is 274 g/mol. The summed E-state index contributed by atoms with van der Waals surface area (Å²) in [6, 6.07) is 3.09. The van der Waals surface area contributed by atoms with Gasteiger partial charge in [-0.25, -0.2) is 13.1 Å². The summed E-state index contributed by atoms with van der Waals surface area (Å²) in [6.45, 7) is 2.35. The van der Waals surface area contributed by atoms with Crippen LogP contribution in [-0.4, -0.2) is 26.9 Å². The van der Waals surface area contributed by atoms with Gasteiger partial charge in [-0.2, -0.15) is 0 Å². The van der Waals surface area contributed by atoms with Gasteiger partial charge in [0.15, 0.2) is 0 Å². The van der Waals surface area contributed by atoms with Crippen LogP contribution >= 0.6 is 11.3 Å². The second kappa shape index (κ2) is 4.75. The lowest BCUT2D eigenvalue weighted by Crippen LogP contribution is -2.35. The van der Waals surface area contributed by atoms with Crippen LogP contribution in [0.25, 0.3) is 0 Å². The van der Waals surface area contributed by atoms with Crippen molar-refractivity contribution < 1.29 is 13.2 Å². The first-order valence-corrected chi connectivity index (χ1v) is 7.69. The first-order valence-electron chi connectivity index (χ1n) is 5.39. The molecule has 1 aromatic rings. The van der Waals surface area contributed by atoms with Crippen LogP contribution in [0.2, 0.25) is 0 Å².